The van der Waals surface area contributed by atoms with Crippen molar-refractivity contribution in [3.05, 3.63) is 35.6 Å². The van der Waals surface area contributed by atoms with Gasteiger partial charge in [0.1, 0.15) is 0 Å². The van der Waals surface area contributed by atoms with E-state index in [0.29, 0.717) is 23.9 Å². The molecule has 0 radical (unpaired) electrons. The van der Waals surface area contributed by atoms with Crippen LogP contribution in [0.5, 0.6) is 0 Å². The molecule has 31 heavy (non-hydrogen) atoms. The van der Waals surface area contributed by atoms with Gasteiger partial charge in [-0.2, -0.15) is 0 Å². The molecule has 0 amide bonds. The van der Waals surface area contributed by atoms with Gasteiger partial charge in [-0.05, 0) is 63.3 Å². The molecule has 1 unspecified atom stereocenters. The van der Waals surface area contributed by atoms with E-state index in [0.717, 1.165) is 44.3 Å². The predicted molar refractivity (Wildman–Crippen MR) is 128 cm³/mol. The minimum atomic E-state index is -0.743. The van der Waals surface area contributed by atoms with Crippen LogP contribution in [0.2, 0.25) is 0 Å². The molecular weight excluding hydrogens is 386 g/mol. The number of amidine groups is 1. The molecule has 3 fully saturated rings. The molecule has 1 saturated heterocycles. The van der Waals surface area contributed by atoms with E-state index in [4.69, 9.17) is 9.73 Å². The number of hydrogen-bond acceptors (Lipinski definition) is 4. The first-order chi connectivity index (χ1) is 15.2. The van der Waals surface area contributed by atoms with Crippen molar-refractivity contribution in [1.82, 2.24) is 4.90 Å². The Morgan fingerprint density at radius 3 is 2.19 bits per heavy atom. The summed E-state index contributed by atoms with van der Waals surface area (Å²) < 4.78 is 6.24. The average molecular weight is 426 g/mol. The van der Waals surface area contributed by atoms with Gasteiger partial charge in [0, 0.05) is 24.8 Å². The van der Waals surface area contributed by atoms with Crippen LogP contribution in [0.25, 0.3) is 6.08 Å². The van der Waals surface area contributed by atoms with Gasteiger partial charge < -0.3 is 14.7 Å². The summed E-state index contributed by atoms with van der Waals surface area (Å²) in [5.74, 6) is 0.607. The third-order valence-corrected chi connectivity index (χ3v) is 7.11. The lowest BCUT2D eigenvalue weighted by molar-refractivity contribution is 0.0559. The number of ether oxygens (including phenoxy) is 1. The molecule has 1 aromatic rings. The van der Waals surface area contributed by atoms with Crippen LogP contribution in [0.15, 0.2) is 35.0 Å². The smallest absolute Gasteiger partial charge is 0.295 e. The predicted octanol–water partition coefficient (Wildman–Crippen LogP) is 5.55. The molecule has 0 bridgehead atoms. The van der Waals surface area contributed by atoms with Gasteiger partial charge in [-0.3, -0.25) is 4.90 Å². The van der Waals surface area contributed by atoms with E-state index >= 15 is 0 Å². The number of aliphatic imine (C=N–C) groups is 1. The van der Waals surface area contributed by atoms with Crippen LogP contribution < -0.4 is 4.90 Å². The molecule has 5 nitrogen and oxygen atoms in total. The van der Waals surface area contributed by atoms with Crippen molar-refractivity contribution in [2.45, 2.75) is 96.4 Å². The summed E-state index contributed by atoms with van der Waals surface area (Å²) in [5, 5.41) is 11.2. The number of hydrogen-bond donors (Lipinski definition) is 1. The second-order valence-electron chi connectivity index (χ2n) is 9.19. The van der Waals surface area contributed by atoms with Gasteiger partial charge in [0.2, 0.25) is 0 Å². The summed E-state index contributed by atoms with van der Waals surface area (Å²) in [7, 11) is 0. The van der Waals surface area contributed by atoms with Crippen LogP contribution in [0.1, 0.15) is 83.6 Å². The van der Waals surface area contributed by atoms with Gasteiger partial charge in [-0.25, -0.2) is 4.99 Å². The van der Waals surface area contributed by atoms with E-state index in [1.165, 1.54) is 44.2 Å². The third kappa shape index (κ3) is 5.25. The van der Waals surface area contributed by atoms with Crippen molar-refractivity contribution in [2.24, 2.45) is 4.99 Å². The Labute approximate surface area is 187 Å². The first-order valence-corrected chi connectivity index (χ1v) is 12.5. The Morgan fingerprint density at radius 2 is 1.58 bits per heavy atom. The minimum Gasteiger partial charge on any atom is -0.426 e. The molecule has 2 aliphatic carbocycles. The van der Waals surface area contributed by atoms with Crippen LogP contribution >= 0.6 is 0 Å². The Hall–Kier alpha value is -2.01. The fourth-order valence-electron chi connectivity index (χ4n) is 5.27. The number of anilines is 1. The monoisotopic (exact) mass is 425 g/mol. The Kier molecular flexibility index (Phi) is 7.54. The Bertz CT molecular complexity index is 757. The van der Waals surface area contributed by atoms with Crippen molar-refractivity contribution in [1.29, 1.82) is 0 Å². The second kappa shape index (κ2) is 10.5. The van der Waals surface area contributed by atoms with Crippen molar-refractivity contribution in [2.75, 3.05) is 18.0 Å². The maximum Gasteiger partial charge on any atom is 0.295 e. The molecule has 1 atom stereocenters. The zero-order valence-electron chi connectivity index (χ0n) is 19.3. The van der Waals surface area contributed by atoms with Crippen molar-refractivity contribution >= 4 is 17.8 Å². The Morgan fingerprint density at radius 1 is 0.968 bits per heavy atom. The molecule has 2 saturated carbocycles. The van der Waals surface area contributed by atoms with Crippen molar-refractivity contribution in [3.63, 3.8) is 0 Å². The molecular formula is C26H39N3O2. The summed E-state index contributed by atoms with van der Waals surface area (Å²) >= 11 is 0. The first kappa shape index (κ1) is 22.2. The van der Waals surface area contributed by atoms with Crippen LogP contribution in [0.4, 0.5) is 5.69 Å². The molecule has 0 spiro atoms. The fourth-order valence-corrected chi connectivity index (χ4v) is 5.27. The third-order valence-electron chi connectivity index (χ3n) is 7.11. The molecule has 1 heterocycles. The van der Waals surface area contributed by atoms with E-state index in [9.17, 15) is 5.11 Å². The SMILES string of the molecule is CCN(CC)c1ccc(/C=C2/O/C(=N/C3CCCCC3)N(C3CCCCC3)C2O)cc1. The van der Waals surface area contributed by atoms with Crippen LogP contribution in [-0.4, -0.2) is 47.4 Å². The summed E-state index contributed by atoms with van der Waals surface area (Å²) in [6, 6.07) is 9.82. The molecule has 5 heteroatoms. The lowest BCUT2D eigenvalue weighted by atomic mass is 9.94. The Balaban J connectivity index is 1.56. The number of nitrogens with zero attached hydrogens (tertiary/aromatic N) is 3. The summed E-state index contributed by atoms with van der Waals surface area (Å²) in [6.45, 7) is 6.34. The summed E-state index contributed by atoms with van der Waals surface area (Å²) in [6.07, 6.45) is 13.2. The number of benzene rings is 1. The maximum absolute atomic E-state index is 11.2. The molecule has 0 aromatic heterocycles. The number of aliphatic hydroxyl groups excluding tert-OH is 1. The van der Waals surface area contributed by atoms with E-state index in [2.05, 4.69) is 47.9 Å². The topological polar surface area (TPSA) is 48.3 Å². The minimum absolute atomic E-state index is 0.321. The average Bonchev–Trinajstić information content (AvgIpc) is 3.11. The highest BCUT2D eigenvalue weighted by Crippen LogP contribution is 2.33. The molecule has 1 N–H and O–H groups in total. The van der Waals surface area contributed by atoms with Crippen LogP contribution in [0.3, 0.4) is 0 Å². The number of aliphatic hydroxyl groups is 1. The standard InChI is InChI=1S/C26H39N3O2/c1-3-28(4-2)22-17-15-20(16-18-22)19-24-25(30)29(23-13-9-6-10-14-23)26(31-24)27-21-11-7-5-8-12-21/h15-19,21,23,25,30H,3-14H2,1-2H3/b24-19+,27-26+. The van der Waals surface area contributed by atoms with Gasteiger partial charge in [0.05, 0.1) is 6.04 Å². The van der Waals surface area contributed by atoms with E-state index in [-0.39, 0.29) is 0 Å². The van der Waals surface area contributed by atoms with E-state index < -0.39 is 6.23 Å². The maximum atomic E-state index is 11.2. The summed E-state index contributed by atoms with van der Waals surface area (Å²) in [4.78, 5) is 9.41. The second-order valence-corrected chi connectivity index (χ2v) is 9.19. The van der Waals surface area contributed by atoms with Gasteiger partial charge in [0.15, 0.2) is 12.0 Å². The van der Waals surface area contributed by atoms with Crippen molar-refractivity contribution < 1.29 is 9.84 Å². The normalized spacial score (nSPS) is 25.9. The van der Waals surface area contributed by atoms with Gasteiger partial charge in [-0.15, -0.1) is 0 Å². The quantitative estimate of drug-likeness (QED) is 0.649. The van der Waals surface area contributed by atoms with Crippen molar-refractivity contribution in [3.8, 4) is 0 Å². The largest absolute Gasteiger partial charge is 0.426 e. The van der Waals surface area contributed by atoms with Gasteiger partial charge in [0.25, 0.3) is 6.02 Å². The van der Waals surface area contributed by atoms with Gasteiger partial charge in [-0.1, -0.05) is 50.7 Å². The van der Waals surface area contributed by atoms with Crippen LogP contribution in [-0.2, 0) is 4.74 Å². The first-order valence-electron chi connectivity index (χ1n) is 12.5. The fraction of sp³-hybridized carbons (Fsp3) is 0.654. The molecule has 1 aromatic carbocycles. The highest BCUT2D eigenvalue weighted by molar-refractivity contribution is 5.80. The summed E-state index contributed by atoms with van der Waals surface area (Å²) in [5.41, 5.74) is 2.27. The van der Waals surface area contributed by atoms with E-state index in [1.54, 1.807) is 0 Å². The zero-order chi connectivity index (χ0) is 21.6. The highest BCUT2D eigenvalue weighted by atomic mass is 16.5. The lowest BCUT2D eigenvalue weighted by Gasteiger charge is -2.33. The number of rotatable bonds is 6. The highest BCUT2D eigenvalue weighted by Gasteiger charge is 2.40. The van der Waals surface area contributed by atoms with Gasteiger partial charge >= 0.3 is 0 Å². The molecule has 3 aliphatic rings. The molecule has 1 aliphatic heterocycles. The molecule has 170 valence electrons. The lowest BCUT2D eigenvalue weighted by Crippen LogP contribution is -2.43. The van der Waals surface area contributed by atoms with Crippen LogP contribution in [0, 0.1) is 0 Å². The van der Waals surface area contributed by atoms with E-state index in [1.807, 2.05) is 6.08 Å². The zero-order valence-corrected chi connectivity index (χ0v) is 19.3. The molecule has 4 rings (SSSR count).